The minimum Gasteiger partial charge on any atom is -0.377 e. The molecule has 0 bridgehead atoms. The molecule has 0 aromatic heterocycles. The first-order chi connectivity index (χ1) is 9.38. The van der Waals surface area contributed by atoms with E-state index in [0.717, 1.165) is 25.1 Å². The van der Waals surface area contributed by atoms with Crippen LogP contribution in [0.4, 0.5) is 0 Å². The third kappa shape index (κ3) is 5.83. The zero-order valence-electron chi connectivity index (χ0n) is 12.8. The standard InChI is InChI=1S/C17H33NO/c1-2-6-15-9-11-16(12-10-15)18-13-14-19-17-7-4-3-5-8-17/h15-18H,2-14H2,1H3. The van der Waals surface area contributed by atoms with Gasteiger partial charge in [-0.25, -0.2) is 0 Å². The first kappa shape index (κ1) is 15.3. The second kappa shape index (κ2) is 8.97. The van der Waals surface area contributed by atoms with E-state index in [0.29, 0.717) is 6.10 Å². The molecule has 2 aliphatic carbocycles. The molecule has 2 saturated carbocycles. The van der Waals surface area contributed by atoms with E-state index in [-0.39, 0.29) is 0 Å². The Balaban J connectivity index is 1.47. The Bertz CT molecular complexity index is 217. The van der Waals surface area contributed by atoms with E-state index in [1.807, 2.05) is 0 Å². The van der Waals surface area contributed by atoms with Crippen LogP contribution in [0.1, 0.15) is 77.6 Å². The zero-order valence-corrected chi connectivity index (χ0v) is 12.8. The SMILES string of the molecule is CCCC1CCC(NCCOC2CCCCC2)CC1. The fraction of sp³-hybridized carbons (Fsp3) is 1.00. The molecule has 0 aliphatic heterocycles. The highest BCUT2D eigenvalue weighted by Gasteiger charge is 2.20. The fourth-order valence-corrected chi connectivity index (χ4v) is 3.78. The van der Waals surface area contributed by atoms with Crippen molar-refractivity contribution in [3.63, 3.8) is 0 Å². The van der Waals surface area contributed by atoms with Crippen molar-refractivity contribution < 1.29 is 4.74 Å². The average molecular weight is 267 g/mol. The smallest absolute Gasteiger partial charge is 0.0594 e. The Labute approximate surface area is 119 Å². The molecule has 0 spiro atoms. The van der Waals surface area contributed by atoms with Crippen LogP contribution in [-0.2, 0) is 4.74 Å². The fourth-order valence-electron chi connectivity index (χ4n) is 3.78. The number of hydrogen-bond acceptors (Lipinski definition) is 2. The highest BCUT2D eigenvalue weighted by Crippen LogP contribution is 2.27. The molecule has 112 valence electrons. The number of nitrogens with one attached hydrogen (secondary N) is 1. The summed E-state index contributed by atoms with van der Waals surface area (Å²) in [4.78, 5) is 0. The van der Waals surface area contributed by atoms with Gasteiger partial charge in [0.1, 0.15) is 0 Å². The summed E-state index contributed by atoms with van der Waals surface area (Å²) >= 11 is 0. The van der Waals surface area contributed by atoms with Gasteiger partial charge >= 0.3 is 0 Å². The summed E-state index contributed by atoms with van der Waals surface area (Å²) in [6.07, 6.45) is 15.8. The molecule has 0 saturated heterocycles. The van der Waals surface area contributed by atoms with Crippen LogP contribution in [0, 0.1) is 5.92 Å². The van der Waals surface area contributed by atoms with Gasteiger partial charge in [-0.1, -0.05) is 39.0 Å². The summed E-state index contributed by atoms with van der Waals surface area (Å²) in [5.74, 6) is 1.02. The summed E-state index contributed by atoms with van der Waals surface area (Å²) < 4.78 is 5.97. The van der Waals surface area contributed by atoms with E-state index in [4.69, 9.17) is 4.74 Å². The van der Waals surface area contributed by atoms with E-state index in [1.165, 1.54) is 70.6 Å². The minimum atomic E-state index is 0.566. The average Bonchev–Trinajstić information content (AvgIpc) is 2.47. The second-order valence-corrected chi connectivity index (χ2v) is 6.59. The van der Waals surface area contributed by atoms with Crippen LogP contribution >= 0.6 is 0 Å². The Morgan fingerprint density at radius 3 is 2.37 bits per heavy atom. The van der Waals surface area contributed by atoms with Crippen molar-refractivity contribution in [1.82, 2.24) is 5.32 Å². The summed E-state index contributed by atoms with van der Waals surface area (Å²) in [5.41, 5.74) is 0. The highest BCUT2D eigenvalue weighted by molar-refractivity contribution is 4.77. The second-order valence-electron chi connectivity index (χ2n) is 6.59. The molecule has 0 radical (unpaired) electrons. The molecule has 2 nitrogen and oxygen atoms in total. The van der Waals surface area contributed by atoms with Crippen molar-refractivity contribution in [2.75, 3.05) is 13.2 Å². The Kier molecular flexibility index (Phi) is 7.23. The van der Waals surface area contributed by atoms with Crippen molar-refractivity contribution >= 4 is 0 Å². The van der Waals surface area contributed by atoms with Gasteiger partial charge in [0.25, 0.3) is 0 Å². The molecule has 2 heteroatoms. The Hall–Kier alpha value is -0.0800. The molecule has 19 heavy (non-hydrogen) atoms. The van der Waals surface area contributed by atoms with Crippen molar-refractivity contribution in [2.45, 2.75) is 89.7 Å². The lowest BCUT2D eigenvalue weighted by Gasteiger charge is -2.29. The van der Waals surface area contributed by atoms with Crippen LogP contribution in [-0.4, -0.2) is 25.3 Å². The van der Waals surface area contributed by atoms with Gasteiger partial charge in [-0.2, -0.15) is 0 Å². The largest absolute Gasteiger partial charge is 0.377 e. The van der Waals surface area contributed by atoms with E-state index in [1.54, 1.807) is 0 Å². The van der Waals surface area contributed by atoms with Gasteiger partial charge in [0.2, 0.25) is 0 Å². The van der Waals surface area contributed by atoms with Gasteiger partial charge in [0.05, 0.1) is 12.7 Å². The Morgan fingerprint density at radius 2 is 1.68 bits per heavy atom. The quantitative estimate of drug-likeness (QED) is 0.695. The molecule has 2 fully saturated rings. The maximum absolute atomic E-state index is 5.97. The van der Waals surface area contributed by atoms with Crippen molar-refractivity contribution in [2.24, 2.45) is 5.92 Å². The topological polar surface area (TPSA) is 21.3 Å². The van der Waals surface area contributed by atoms with Crippen molar-refractivity contribution in [3.05, 3.63) is 0 Å². The molecule has 0 unspecified atom stereocenters. The van der Waals surface area contributed by atoms with E-state index < -0.39 is 0 Å². The highest BCUT2D eigenvalue weighted by atomic mass is 16.5. The normalized spacial score (nSPS) is 29.5. The molecule has 0 atom stereocenters. The van der Waals surface area contributed by atoms with Gasteiger partial charge in [-0.3, -0.25) is 0 Å². The van der Waals surface area contributed by atoms with Crippen LogP contribution in [0.15, 0.2) is 0 Å². The lowest BCUT2D eigenvalue weighted by molar-refractivity contribution is 0.0287. The van der Waals surface area contributed by atoms with Crippen LogP contribution in [0.2, 0.25) is 0 Å². The van der Waals surface area contributed by atoms with Gasteiger partial charge in [0.15, 0.2) is 0 Å². The first-order valence-corrected chi connectivity index (χ1v) is 8.73. The minimum absolute atomic E-state index is 0.566. The van der Waals surface area contributed by atoms with Gasteiger partial charge in [0, 0.05) is 12.6 Å². The van der Waals surface area contributed by atoms with Gasteiger partial charge < -0.3 is 10.1 Å². The summed E-state index contributed by atoms with van der Waals surface area (Å²) in [6.45, 7) is 4.28. The lowest BCUT2D eigenvalue weighted by Crippen LogP contribution is -2.36. The van der Waals surface area contributed by atoms with Crippen LogP contribution < -0.4 is 5.32 Å². The summed E-state index contributed by atoms with van der Waals surface area (Å²) in [7, 11) is 0. The molecule has 2 aliphatic rings. The number of ether oxygens (including phenoxy) is 1. The molecule has 1 N–H and O–H groups in total. The van der Waals surface area contributed by atoms with Gasteiger partial charge in [-0.15, -0.1) is 0 Å². The molecule has 2 rings (SSSR count). The third-order valence-electron chi connectivity index (χ3n) is 4.98. The predicted octanol–water partition coefficient (Wildman–Crippen LogP) is 4.28. The Morgan fingerprint density at radius 1 is 0.947 bits per heavy atom. The van der Waals surface area contributed by atoms with E-state index in [2.05, 4.69) is 12.2 Å². The predicted molar refractivity (Wildman–Crippen MR) is 81.5 cm³/mol. The van der Waals surface area contributed by atoms with Gasteiger partial charge in [-0.05, 0) is 44.4 Å². The molecule has 0 heterocycles. The van der Waals surface area contributed by atoms with Crippen molar-refractivity contribution in [3.8, 4) is 0 Å². The number of rotatable bonds is 7. The maximum Gasteiger partial charge on any atom is 0.0594 e. The monoisotopic (exact) mass is 267 g/mol. The van der Waals surface area contributed by atoms with Crippen LogP contribution in [0.5, 0.6) is 0 Å². The summed E-state index contributed by atoms with van der Waals surface area (Å²) in [5, 5.41) is 3.70. The van der Waals surface area contributed by atoms with Crippen LogP contribution in [0.25, 0.3) is 0 Å². The molecule has 0 aromatic carbocycles. The third-order valence-corrected chi connectivity index (χ3v) is 4.98. The zero-order chi connectivity index (χ0) is 13.3. The molecule has 0 aromatic rings. The molecule has 0 amide bonds. The van der Waals surface area contributed by atoms with E-state index >= 15 is 0 Å². The summed E-state index contributed by atoms with van der Waals surface area (Å²) in [6, 6.07) is 0.767. The van der Waals surface area contributed by atoms with E-state index in [9.17, 15) is 0 Å². The first-order valence-electron chi connectivity index (χ1n) is 8.73. The van der Waals surface area contributed by atoms with Crippen molar-refractivity contribution in [1.29, 1.82) is 0 Å². The lowest BCUT2D eigenvalue weighted by atomic mass is 9.83. The molecular formula is C17H33NO. The molecular weight excluding hydrogens is 234 g/mol. The maximum atomic E-state index is 5.97. The number of hydrogen-bond donors (Lipinski definition) is 1. The van der Waals surface area contributed by atoms with Crippen LogP contribution in [0.3, 0.4) is 0 Å².